The molecule has 0 aliphatic heterocycles. The molecule has 0 spiro atoms. The van der Waals surface area contributed by atoms with Gasteiger partial charge in [0.05, 0.1) is 11.9 Å². The van der Waals surface area contributed by atoms with Crippen LogP contribution in [0.2, 0.25) is 5.02 Å². The van der Waals surface area contributed by atoms with Crippen molar-refractivity contribution in [2.45, 2.75) is 27.7 Å². The molecule has 0 aliphatic carbocycles. The second-order valence-electron chi connectivity index (χ2n) is 6.42. The molecule has 1 aromatic carbocycles. The quantitative estimate of drug-likeness (QED) is 0.412. The van der Waals surface area contributed by atoms with Crippen LogP contribution in [0.5, 0.6) is 0 Å². The lowest BCUT2D eigenvalue weighted by molar-refractivity contribution is 0.213. The summed E-state index contributed by atoms with van der Waals surface area (Å²) < 4.78 is 0. The van der Waals surface area contributed by atoms with E-state index in [0.29, 0.717) is 22.6 Å². The monoisotopic (exact) mass is 399 g/mol. The van der Waals surface area contributed by atoms with Gasteiger partial charge in [0.2, 0.25) is 5.95 Å². The van der Waals surface area contributed by atoms with Crippen LogP contribution in [0, 0.1) is 20.8 Å². The van der Waals surface area contributed by atoms with Gasteiger partial charge in [-0.25, -0.2) is 4.98 Å². The minimum absolute atomic E-state index is 0.404. The van der Waals surface area contributed by atoms with Crippen LogP contribution in [-0.4, -0.2) is 33.0 Å². The van der Waals surface area contributed by atoms with Crippen LogP contribution in [0.25, 0.3) is 0 Å². The molecule has 0 unspecified atom stereocenters. The van der Waals surface area contributed by atoms with Gasteiger partial charge in [-0.05, 0) is 51.0 Å². The molecule has 28 heavy (non-hydrogen) atoms. The maximum Gasteiger partial charge on any atom is 0.229 e. The predicted octanol–water partition coefficient (Wildman–Crippen LogP) is 4.64. The van der Waals surface area contributed by atoms with E-state index in [2.05, 4.69) is 42.0 Å². The lowest BCUT2D eigenvalue weighted by Crippen LogP contribution is -2.05. The lowest BCUT2D eigenvalue weighted by atomic mass is 10.0. The summed E-state index contributed by atoms with van der Waals surface area (Å²) in [6, 6.07) is 5.94. The first kappa shape index (κ1) is 19.6. The number of hydrogen-bond acceptors (Lipinski definition) is 7. The minimum Gasteiger partial charge on any atom is -0.399 e. The summed E-state index contributed by atoms with van der Waals surface area (Å²) in [5, 5.41) is 17.8. The molecule has 8 nitrogen and oxygen atoms in total. The van der Waals surface area contributed by atoms with E-state index in [1.54, 1.807) is 6.20 Å². The van der Waals surface area contributed by atoms with E-state index < -0.39 is 0 Å². The summed E-state index contributed by atoms with van der Waals surface area (Å²) in [5.74, 6) is 1.53. The molecule has 3 rings (SSSR count). The Hall–Kier alpha value is -3.13. The van der Waals surface area contributed by atoms with Crippen LogP contribution in [-0.2, 0) is 4.84 Å². The summed E-state index contributed by atoms with van der Waals surface area (Å²) in [6.07, 6.45) is 1.55. The van der Waals surface area contributed by atoms with E-state index >= 15 is 0 Å². The van der Waals surface area contributed by atoms with Crippen molar-refractivity contribution in [2.75, 3.05) is 17.7 Å². The number of aromatic amines is 1. The Kier molecular flexibility index (Phi) is 5.79. The molecule has 3 N–H and O–H groups in total. The summed E-state index contributed by atoms with van der Waals surface area (Å²) in [5.41, 5.74) is 5.77. The second kappa shape index (κ2) is 8.26. The Bertz CT molecular complexity index is 1030. The number of nitrogens with one attached hydrogen (secondary N) is 3. The predicted molar refractivity (Wildman–Crippen MR) is 112 cm³/mol. The fourth-order valence-electron chi connectivity index (χ4n) is 2.77. The average molecular weight is 400 g/mol. The highest BCUT2D eigenvalue weighted by molar-refractivity contribution is 6.32. The lowest BCUT2D eigenvalue weighted by Gasteiger charge is -2.14. The van der Waals surface area contributed by atoms with Crippen molar-refractivity contribution in [1.29, 1.82) is 0 Å². The Morgan fingerprint density at radius 2 is 1.93 bits per heavy atom. The topological polar surface area (TPSA) is 100 Å². The van der Waals surface area contributed by atoms with Gasteiger partial charge in [0, 0.05) is 23.0 Å². The van der Waals surface area contributed by atoms with E-state index in [1.165, 1.54) is 7.11 Å². The highest BCUT2D eigenvalue weighted by Gasteiger charge is 2.11. The highest BCUT2D eigenvalue weighted by Crippen LogP contribution is 2.27. The standard InChI is InChI=1S/C19H22ClN7O/c1-10-7-16(11(2)6-14(10)13(4)27-28-5)22-19-21-9-15(20)18(24-19)23-17-8-12(3)25-26-17/h6-9H,1-5H3,(H3,21,22,23,24,25,26)/b27-13+. The van der Waals surface area contributed by atoms with Crippen LogP contribution in [0.15, 0.2) is 29.6 Å². The van der Waals surface area contributed by atoms with E-state index in [4.69, 9.17) is 16.4 Å². The average Bonchev–Trinajstić information content (AvgIpc) is 3.05. The smallest absolute Gasteiger partial charge is 0.229 e. The zero-order valence-electron chi connectivity index (χ0n) is 16.4. The molecule has 0 fully saturated rings. The SMILES string of the molecule is CO/N=C(\C)c1cc(C)c(Nc2ncc(Cl)c(Nc3cc(C)[nH]n3)n2)cc1C. The van der Waals surface area contributed by atoms with Gasteiger partial charge in [-0.2, -0.15) is 10.1 Å². The van der Waals surface area contributed by atoms with Crippen molar-refractivity contribution in [3.05, 3.63) is 51.8 Å². The summed E-state index contributed by atoms with van der Waals surface area (Å²) in [7, 11) is 1.54. The Morgan fingerprint density at radius 1 is 1.14 bits per heavy atom. The summed E-state index contributed by atoms with van der Waals surface area (Å²) >= 11 is 6.22. The normalized spacial score (nSPS) is 11.4. The second-order valence-corrected chi connectivity index (χ2v) is 6.82. The van der Waals surface area contributed by atoms with Crippen LogP contribution >= 0.6 is 11.6 Å². The van der Waals surface area contributed by atoms with Crippen molar-refractivity contribution in [2.24, 2.45) is 5.16 Å². The summed E-state index contributed by atoms with van der Waals surface area (Å²) in [6.45, 7) is 7.85. The van der Waals surface area contributed by atoms with Gasteiger partial charge in [0.1, 0.15) is 12.1 Å². The molecule has 9 heteroatoms. The van der Waals surface area contributed by atoms with Gasteiger partial charge < -0.3 is 15.5 Å². The number of oxime groups is 1. The largest absolute Gasteiger partial charge is 0.399 e. The Morgan fingerprint density at radius 3 is 2.61 bits per heavy atom. The first-order chi connectivity index (χ1) is 13.4. The van der Waals surface area contributed by atoms with Crippen molar-refractivity contribution in [3.8, 4) is 0 Å². The van der Waals surface area contributed by atoms with Crippen molar-refractivity contribution in [1.82, 2.24) is 20.2 Å². The van der Waals surface area contributed by atoms with Crippen LogP contribution in [0.1, 0.15) is 29.3 Å². The molecule has 0 amide bonds. The van der Waals surface area contributed by atoms with Crippen LogP contribution < -0.4 is 10.6 Å². The zero-order valence-corrected chi connectivity index (χ0v) is 17.1. The number of hydrogen-bond donors (Lipinski definition) is 3. The van der Waals surface area contributed by atoms with Gasteiger partial charge in [-0.3, -0.25) is 5.10 Å². The van der Waals surface area contributed by atoms with Gasteiger partial charge in [0.15, 0.2) is 11.6 Å². The fraction of sp³-hybridized carbons (Fsp3) is 0.263. The number of H-pyrrole nitrogens is 1. The van der Waals surface area contributed by atoms with Gasteiger partial charge in [-0.1, -0.05) is 16.8 Å². The number of aryl methyl sites for hydroxylation is 3. The Labute approximate surface area is 168 Å². The van der Waals surface area contributed by atoms with Crippen molar-refractivity contribution >= 4 is 40.6 Å². The van der Waals surface area contributed by atoms with Crippen molar-refractivity contribution < 1.29 is 4.84 Å². The number of benzene rings is 1. The van der Waals surface area contributed by atoms with Gasteiger partial charge >= 0.3 is 0 Å². The van der Waals surface area contributed by atoms with E-state index in [1.807, 2.05) is 39.8 Å². The number of anilines is 4. The first-order valence-electron chi connectivity index (χ1n) is 8.65. The number of rotatable bonds is 6. The number of aromatic nitrogens is 4. The minimum atomic E-state index is 0.404. The van der Waals surface area contributed by atoms with Crippen LogP contribution in [0.3, 0.4) is 0 Å². The molecule has 3 aromatic rings. The molecule has 0 radical (unpaired) electrons. The maximum absolute atomic E-state index is 6.22. The molecule has 2 aromatic heterocycles. The summed E-state index contributed by atoms with van der Waals surface area (Å²) in [4.78, 5) is 13.6. The zero-order chi connectivity index (χ0) is 20.3. The maximum atomic E-state index is 6.22. The third kappa shape index (κ3) is 4.40. The molecule has 0 saturated heterocycles. The number of nitrogens with zero attached hydrogens (tertiary/aromatic N) is 4. The van der Waals surface area contributed by atoms with Gasteiger partial charge in [0.25, 0.3) is 0 Å². The number of halogens is 1. The van der Waals surface area contributed by atoms with E-state index in [-0.39, 0.29) is 0 Å². The van der Waals surface area contributed by atoms with Crippen molar-refractivity contribution in [3.63, 3.8) is 0 Å². The molecule has 0 saturated carbocycles. The first-order valence-corrected chi connectivity index (χ1v) is 9.03. The van der Waals surface area contributed by atoms with E-state index in [0.717, 1.165) is 33.8 Å². The Balaban J connectivity index is 1.86. The van der Waals surface area contributed by atoms with Gasteiger partial charge in [-0.15, -0.1) is 0 Å². The van der Waals surface area contributed by atoms with E-state index in [9.17, 15) is 0 Å². The van der Waals surface area contributed by atoms with Crippen LogP contribution in [0.4, 0.5) is 23.3 Å². The molecule has 0 bridgehead atoms. The third-order valence-electron chi connectivity index (χ3n) is 4.13. The molecule has 2 heterocycles. The molecule has 0 atom stereocenters. The molecule has 146 valence electrons. The molecular weight excluding hydrogens is 378 g/mol. The third-order valence-corrected chi connectivity index (χ3v) is 4.41. The highest BCUT2D eigenvalue weighted by atomic mass is 35.5. The fourth-order valence-corrected chi connectivity index (χ4v) is 2.90. The molecular formula is C19H22ClN7O. The molecule has 0 aliphatic rings.